The van der Waals surface area contributed by atoms with Crippen LogP contribution < -0.4 is 11.1 Å². The number of allylic oxidation sites excluding steroid dienone is 1. The van der Waals surface area contributed by atoms with Gasteiger partial charge < -0.3 is 16.0 Å². The SMILES string of the molecule is C/C(N)=C/NC1CCN(C(=O)c2cc(C(C)C)[nH]n2)C1. The smallest absolute Gasteiger partial charge is 0.274 e. The maximum atomic E-state index is 12.3. The van der Waals surface area contributed by atoms with Gasteiger partial charge in [-0.2, -0.15) is 5.10 Å². The van der Waals surface area contributed by atoms with Crippen LogP contribution in [0.3, 0.4) is 0 Å². The molecule has 1 aromatic rings. The van der Waals surface area contributed by atoms with Crippen molar-refractivity contribution in [2.24, 2.45) is 5.73 Å². The lowest BCUT2D eigenvalue weighted by Crippen LogP contribution is -2.33. The van der Waals surface area contributed by atoms with E-state index < -0.39 is 0 Å². The summed E-state index contributed by atoms with van der Waals surface area (Å²) in [4.78, 5) is 14.2. The lowest BCUT2D eigenvalue weighted by Gasteiger charge is -2.15. The molecule has 0 radical (unpaired) electrons. The van der Waals surface area contributed by atoms with E-state index in [0.717, 1.165) is 24.4 Å². The minimum absolute atomic E-state index is 0.00843. The first-order chi connectivity index (χ1) is 9.47. The molecule has 1 aromatic heterocycles. The van der Waals surface area contributed by atoms with Gasteiger partial charge in [0.2, 0.25) is 0 Å². The quantitative estimate of drug-likeness (QED) is 0.770. The van der Waals surface area contributed by atoms with Crippen molar-refractivity contribution in [3.05, 3.63) is 29.4 Å². The van der Waals surface area contributed by atoms with Crippen molar-refractivity contribution in [1.82, 2.24) is 20.4 Å². The van der Waals surface area contributed by atoms with Crippen LogP contribution in [-0.2, 0) is 0 Å². The molecule has 2 rings (SSSR count). The van der Waals surface area contributed by atoms with Crippen LogP contribution >= 0.6 is 0 Å². The molecule has 0 spiro atoms. The van der Waals surface area contributed by atoms with Gasteiger partial charge in [-0.15, -0.1) is 0 Å². The van der Waals surface area contributed by atoms with E-state index in [1.807, 2.05) is 17.9 Å². The fourth-order valence-corrected chi connectivity index (χ4v) is 2.23. The number of carbonyl (C=O) groups is 1. The first kappa shape index (κ1) is 14.4. The minimum atomic E-state index is -0.00843. The van der Waals surface area contributed by atoms with Crippen LogP contribution in [0.2, 0.25) is 0 Å². The second kappa shape index (κ2) is 5.98. The Bertz CT molecular complexity index is 501. The van der Waals surface area contributed by atoms with Crippen molar-refractivity contribution in [2.45, 2.75) is 39.2 Å². The summed E-state index contributed by atoms with van der Waals surface area (Å²) in [6.07, 6.45) is 2.72. The third-order valence-electron chi connectivity index (χ3n) is 3.46. The zero-order valence-electron chi connectivity index (χ0n) is 12.3. The Morgan fingerprint density at radius 1 is 1.65 bits per heavy atom. The number of aromatic amines is 1. The Balaban J connectivity index is 1.95. The van der Waals surface area contributed by atoms with Gasteiger partial charge >= 0.3 is 0 Å². The normalized spacial score (nSPS) is 19.7. The molecule has 0 bridgehead atoms. The highest BCUT2D eigenvalue weighted by atomic mass is 16.2. The lowest BCUT2D eigenvalue weighted by atomic mass is 10.1. The number of aromatic nitrogens is 2. The van der Waals surface area contributed by atoms with Gasteiger partial charge in [0.15, 0.2) is 0 Å². The Labute approximate surface area is 119 Å². The Kier molecular flexibility index (Phi) is 4.32. The molecule has 0 aromatic carbocycles. The van der Waals surface area contributed by atoms with Crippen molar-refractivity contribution < 1.29 is 4.79 Å². The fraction of sp³-hybridized carbons (Fsp3) is 0.571. The van der Waals surface area contributed by atoms with Crippen molar-refractivity contribution in [3.8, 4) is 0 Å². The summed E-state index contributed by atoms with van der Waals surface area (Å²) in [5, 5.41) is 10.3. The van der Waals surface area contributed by atoms with E-state index >= 15 is 0 Å². The topological polar surface area (TPSA) is 87.0 Å². The summed E-state index contributed by atoms with van der Waals surface area (Å²) in [6.45, 7) is 7.41. The zero-order valence-corrected chi connectivity index (χ0v) is 12.3. The van der Waals surface area contributed by atoms with Crippen LogP contribution in [0, 0.1) is 0 Å². The first-order valence-corrected chi connectivity index (χ1v) is 7.00. The number of nitrogens with zero attached hydrogens (tertiary/aromatic N) is 2. The van der Waals surface area contributed by atoms with Gasteiger partial charge in [0.05, 0.1) is 0 Å². The second-order valence-corrected chi connectivity index (χ2v) is 5.66. The van der Waals surface area contributed by atoms with Gasteiger partial charge in [0.1, 0.15) is 5.69 Å². The van der Waals surface area contributed by atoms with Crippen LogP contribution in [-0.4, -0.2) is 40.1 Å². The Morgan fingerprint density at radius 3 is 3.00 bits per heavy atom. The third-order valence-corrected chi connectivity index (χ3v) is 3.46. The molecule has 1 atom stereocenters. The molecule has 6 heteroatoms. The summed E-state index contributed by atoms with van der Waals surface area (Å²) >= 11 is 0. The van der Waals surface area contributed by atoms with Crippen LogP contribution in [0.5, 0.6) is 0 Å². The highest BCUT2D eigenvalue weighted by molar-refractivity contribution is 5.92. The van der Waals surface area contributed by atoms with Crippen molar-refractivity contribution in [2.75, 3.05) is 13.1 Å². The average molecular weight is 277 g/mol. The van der Waals surface area contributed by atoms with Gasteiger partial charge in [-0.3, -0.25) is 9.89 Å². The maximum absolute atomic E-state index is 12.3. The average Bonchev–Trinajstić information content (AvgIpc) is 3.05. The molecular weight excluding hydrogens is 254 g/mol. The molecule has 0 aliphatic carbocycles. The molecule has 0 saturated carbocycles. The van der Waals surface area contributed by atoms with E-state index in [1.54, 1.807) is 6.20 Å². The largest absolute Gasteiger partial charge is 0.401 e. The van der Waals surface area contributed by atoms with Gasteiger partial charge in [0, 0.05) is 36.7 Å². The summed E-state index contributed by atoms with van der Waals surface area (Å²) in [5.74, 6) is 0.334. The van der Waals surface area contributed by atoms with E-state index in [2.05, 4.69) is 29.4 Å². The number of rotatable bonds is 4. The van der Waals surface area contributed by atoms with E-state index in [-0.39, 0.29) is 11.9 Å². The number of likely N-dealkylation sites (tertiary alicyclic amines) is 1. The van der Waals surface area contributed by atoms with Crippen LogP contribution in [0.4, 0.5) is 0 Å². The van der Waals surface area contributed by atoms with Gasteiger partial charge in [-0.05, 0) is 25.3 Å². The third kappa shape index (κ3) is 3.31. The van der Waals surface area contributed by atoms with Gasteiger partial charge in [0.25, 0.3) is 5.91 Å². The fourth-order valence-electron chi connectivity index (χ4n) is 2.23. The predicted octanol–water partition coefficient (Wildman–Crippen LogP) is 1.16. The van der Waals surface area contributed by atoms with Crippen LogP contribution in [0.1, 0.15) is 49.3 Å². The molecule has 110 valence electrons. The number of carbonyl (C=O) groups excluding carboxylic acids is 1. The van der Waals surface area contributed by atoms with Crippen LogP contribution in [0.25, 0.3) is 0 Å². The first-order valence-electron chi connectivity index (χ1n) is 7.00. The number of nitrogens with one attached hydrogen (secondary N) is 2. The van der Waals surface area contributed by atoms with E-state index in [1.165, 1.54) is 0 Å². The van der Waals surface area contributed by atoms with Crippen LogP contribution in [0.15, 0.2) is 18.0 Å². The lowest BCUT2D eigenvalue weighted by molar-refractivity contribution is 0.0784. The maximum Gasteiger partial charge on any atom is 0.274 e. The Morgan fingerprint density at radius 2 is 2.40 bits per heavy atom. The molecule has 6 nitrogen and oxygen atoms in total. The number of amides is 1. The molecule has 1 unspecified atom stereocenters. The molecular formula is C14H23N5O. The van der Waals surface area contributed by atoms with Crippen molar-refractivity contribution >= 4 is 5.91 Å². The van der Waals surface area contributed by atoms with Gasteiger partial charge in [-0.1, -0.05) is 13.8 Å². The highest BCUT2D eigenvalue weighted by Gasteiger charge is 2.27. The number of nitrogens with two attached hydrogens (primary N) is 1. The second-order valence-electron chi connectivity index (χ2n) is 5.66. The molecule has 1 aliphatic heterocycles. The number of H-pyrrole nitrogens is 1. The standard InChI is InChI=1S/C14H23N5O/c1-9(2)12-6-13(18-17-12)14(20)19-5-4-11(8-19)16-7-10(3)15/h6-7,9,11,16H,4-5,8,15H2,1-3H3,(H,17,18)/b10-7-. The van der Waals surface area contributed by atoms with E-state index in [9.17, 15) is 4.79 Å². The molecule has 2 heterocycles. The molecule has 1 aliphatic rings. The van der Waals surface area contributed by atoms with Crippen molar-refractivity contribution in [3.63, 3.8) is 0 Å². The Hall–Kier alpha value is -1.98. The summed E-state index contributed by atoms with van der Waals surface area (Å²) < 4.78 is 0. The highest BCUT2D eigenvalue weighted by Crippen LogP contribution is 2.16. The zero-order chi connectivity index (χ0) is 14.7. The van der Waals surface area contributed by atoms with Gasteiger partial charge in [-0.25, -0.2) is 0 Å². The predicted molar refractivity (Wildman–Crippen MR) is 78.1 cm³/mol. The molecule has 1 saturated heterocycles. The molecule has 20 heavy (non-hydrogen) atoms. The summed E-state index contributed by atoms with van der Waals surface area (Å²) in [6, 6.07) is 2.11. The molecule has 1 amide bonds. The van der Waals surface area contributed by atoms with E-state index in [0.29, 0.717) is 18.2 Å². The molecule has 1 fully saturated rings. The summed E-state index contributed by atoms with van der Waals surface area (Å²) in [7, 11) is 0. The van der Waals surface area contributed by atoms with E-state index in [4.69, 9.17) is 5.73 Å². The summed E-state index contributed by atoms with van der Waals surface area (Å²) in [5.41, 5.74) is 7.82. The number of hydrogen-bond acceptors (Lipinski definition) is 4. The monoisotopic (exact) mass is 277 g/mol. The number of hydrogen-bond donors (Lipinski definition) is 3. The minimum Gasteiger partial charge on any atom is -0.401 e. The molecule has 4 N–H and O–H groups in total. The van der Waals surface area contributed by atoms with Crippen molar-refractivity contribution in [1.29, 1.82) is 0 Å².